The number of nitrogens with zero attached hydrogens (tertiary/aromatic N) is 4. The van der Waals surface area contributed by atoms with Crippen LogP contribution in [-0.2, 0) is 6.54 Å². The van der Waals surface area contributed by atoms with E-state index in [2.05, 4.69) is 34.9 Å². The first-order valence-corrected chi connectivity index (χ1v) is 11.0. The summed E-state index contributed by atoms with van der Waals surface area (Å²) in [5, 5.41) is 21.2. The average Bonchev–Trinajstić information content (AvgIpc) is 3.37. The predicted molar refractivity (Wildman–Crippen MR) is 131 cm³/mol. The van der Waals surface area contributed by atoms with Gasteiger partial charge in [-0.15, -0.1) is 0 Å². The van der Waals surface area contributed by atoms with E-state index in [-0.39, 0.29) is 5.91 Å². The Morgan fingerprint density at radius 3 is 2.29 bits per heavy atom. The minimum atomic E-state index is 0.00672. The van der Waals surface area contributed by atoms with E-state index in [0.717, 1.165) is 44.2 Å². The van der Waals surface area contributed by atoms with Gasteiger partial charge in [-0.2, -0.15) is 10.5 Å². The van der Waals surface area contributed by atoms with Crippen molar-refractivity contribution in [3.8, 4) is 29.0 Å². The highest BCUT2D eigenvalue weighted by molar-refractivity contribution is 6.15. The summed E-state index contributed by atoms with van der Waals surface area (Å²) in [6.07, 6.45) is 0. The molecule has 0 spiro atoms. The number of nitriles is 2. The van der Waals surface area contributed by atoms with Gasteiger partial charge in [0.2, 0.25) is 0 Å². The molecule has 160 valence electrons. The number of amides is 1. The Balaban J connectivity index is 1.78. The maximum absolute atomic E-state index is 13.1. The van der Waals surface area contributed by atoms with Crippen molar-refractivity contribution in [3.05, 3.63) is 101 Å². The highest BCUT2D eigenvalue weighted by atomic mass is 16.2. The largest absolute Gasteiger partial charge is 0.337 e. The van der Waals surface area contributed by atoms with Crippen LogP contribution in [0.2, 0.25) is 0 Å². The van der Waals surface area contributed by atoms with Crippen molar-refractivity contribution < 1.29 is 4.79 Å². The van der Waals surface area contributed by atoms with E-state index in [1.807, 2.05) is 61.6 Å². The van der Waals surface area contributed by atoms with Crippen LogP contribution in [0.5, 0.6) is 0 Å². The molecule has 0 unspecified atom stereocenters. The molecule has 2 heterocycles. The first-order valence-electron chi connectivity index (χ1n) is 11.0. The number of hydrogen-bond acceptors (Lipinski definition) is 3. The van der Waals surface area contributed by atoms with E-state index in [1.165, 1.54) is 0 Å². The number of fused-ring (bicyclic) bond motifs is 4. The van der Waals surface area contributed by atoms with E-state index in [0.29, 0.717) is 23.2 Å². The number of benzene rings is 4. The number of para-hydroxylation sites is 2. The SMILES string of the molecule is CN1Cc2cccc(-n3c4ccccc4c4cccc(-c5cc(C#N)cc(C#N)c5)c43)c2C1=O. The Hall–Kier alpha value is -4.87. The highest BCUT2D eigenvalue weighted by Gasteiger charge is 2.29. The second-order valence-corrected chi connectivity index (χ2v) is 8.55. The second-order valence-electron chi connectivity index (χ2n) is 8.55. The van der Waals surface area contributed by atoms with Gasteiger partial charge in [0.25, 0.3) is 5.91 Å². The summed E-state index contributed by atoms with van der Waals surface area (Å²) in [6.45, 7) is 0.585. The van der Waals surface area contributed by atoms with E-state index in [1.54, 1.807) is 11.0 Å². The van der Waals surface area contributed by atoms with Crippen LogP contribution in [0.1, 0.15) is 27.0 Å². The fraction of sp³-hybridized carbons (Fsp3) is 0.0690. The van der Waals surface area contributed by atoms with Crippen molar-refractivity contribution in [1.29, 1.82) is 10.5 Å². The molecule has 1 aromatic heterocycles. The van der Waals surface area contributed by atoms with Crippen LogP contribution in [0.3, 0.4) is 0 Å². The molecule has 0 bridgehead atoms. The quantitative estimate of drug-likeness (QED) is 0.351. The molecular weight excluding hydrogens is 420 g/mol. The Bertz CT molecular complexity index is 1710. The van der Waals surface area contributed by atoms with E-state index >= 15 is 0 Å². The molecule has 0 saturated heterocycles. The number of hydrogen-bond donors (Lipinski definition) is 0. The molecule has 34 heavy (non-hydrogen) atoms. The smallest absolute Gasteiger partial charge is 0.256 e. The van der Waals surface area contributed by atoms with Crippen LogP contribution in [-0.4, -0.2) is 22.4 Å². The summed E-state index contributed by atoms with van der Waals surface area (Å²) in [7, 11) is 1.82. The third-order valence-electron chi connectivity index (χ3n) is 6.53. The molecule has 4 aromatic carbocycles. The van der Waals surface area contributed by atoms with Crippen molar-refractivity contribution in [1.82, 2.24) is 9.47 Å². The maximum Gasteiger partial charge on any atom is 0.256 e. The molecule has 6 rings (SSSR count). The molecule has 0 atom stereocenters. The Morgan fingerprint density at radius 2 is 1.53 bits per heavy atom. The molecule has 1 aliphatic rings. The van der Waals surface area contributed by atoms with E-state index in [9.17, 15) is 15.3 Å². The summed E-state index contributed by atoms with van der Waals surface area (Å²) < 4.78 is 2.15. The van der Waals surface area contributed by atoms with Gasteiger partial charge in [-0.05, 0) is 41.5 Å². The van der Waals surface area contributed by atoms with Gasteiger partial charge >= 0.3 is 0 Å². The van der Waals surface area contributed by atoms with Crippen molar-refractivity contribution in [2.75, 3.05) is 7.05 Å². The van der Waals surface area contributed by atoms with Gasteiger partial charge in [-0.1, -0.05) is 48.5 Å². The zero-order valence-electron chi connectivity index (χ0n) is 18.4. The minimum absolute atomic E-state index is 0.00672. The predicted octanol–water partition coefficient (Wildman–Crippen LogP) is 5.78. The third kappa shape index (κ3) is 2.75. The lowest BCUT2D eigenvalue weighted by molar-refractivity contribution is 0.0816. The summed E-state index contributed by atoms with van der Waals surface area (Å²) >= 11 is 0. The van der Waals surface area contributed by atoms with Crippen LogP contribution in [0.25, 0.3) is 38.6 Å². The van der Waals surface area contributed by atoms with Gasteiger partial charge in [0, 0.05) is 29.9 Å². The van der Waals surface area contributed by atoms with Crippen LogP contribution in [0.15, 0.2) is 78.9 Å². The standard InChI is InChI=1S/C29H18N4O/c1-32-17-20-6-4-11-26(27(20)29(32)34)33-25-10-3-2-7-23(25)24-9-5-8-22(28(24)33)21-13-18(15-30)12-19(14-21)16-31/h2-14H,17H2,1H3. The monoisotopic (exact) mass is 438 g/mol. The van der Waals surface area contributed by atoms with Gasteiger partial charge in [0.15, 0.2) is 0 Å². The summed E-state index contributed by atoms with van der Waals surface area (Å²) in [4.78, 5) is 14.9. The minimum Gasteiger partial charge on any atom is -0.337 e. The Kier molecular flexibility index (Phi) is 4.27. The lowest BCUT2D eigenvalue weighted by atomic mass is 9.98. The fourth-order valence-electron chi connectivity index (χ4n) is 5.08. The number of carbonyl (C=O) groups is 1. The summed E-state index contributed by atoms with van der Waals surface area (Å²) in [6, 6.07) is 29.8. The van der Waals surface area contributed by atoms with Crippen LogP contribution in [0, 0.1) is 22.7 Å². The van der Waals surface area contributed by atoms with E-state index < -0.39 is 0 Å². The van der Waals surface area contributed by atoms with Crippen LogP contribution < -0.4 is 0 Å². The molecule has 1 aliphatic heterocycles. The van der Waals surface area contributed by atoms with Crippen molar-refractivity contribution in [3.63, 3.8) is 0 Å². The molecule has 5 nitrogen and oxygen atoms in total. The highest BCUT2D eigenvalue weighted by Crippen LogP contribution is 2.40. The molecule has 0 radical (unpaired) electrons. The number of carbonyl (C=O) groups excluding carboxylic acids is 1. The van der Waals surface area contributed by atoms with Gasteiger partial charge in [-0.3, -0.25) is 4.79 Å². The third-order valence-corrected chi connectivity index (χ3v) is 6.53. The van der Waals surface area contributed by atoms with Gasteiger partial charge in [0.1, 0.15) is 0 Å². The van der Waals surface area contributed by atoms with Gasteiger partial charge < -0.3 is 9.47 Å². The fourth-order valence-corrected chi connectivity index (χ4v) is 5.08. The first-order chi connectivity index (χ1) is 16.6. The van der Waals surface area contributed by atoms with Gasteiger partial charge in [-0.25, -0.2) is 0 Å². The van der Waals surface area contributed by atoms with Crippen molar-refractivity contribution in [2.24, 2.45) is 0 Å². The number of aromatic nitrogens is 1. The van der Waals surface area contributed by atoms with Crippen LogP contribution >= 0.6 is 0 Å². The molecule has 0 N–H and O–H groups in total. The molecular formula is C29H18N4O. The van der Waals surface area contributed by atoms with Crippen LogP contribution in [0.4, 0.5) is 0 Å². The van der Waals surface area contributed by atoms with Gasteiger partial charge in [0.05, 0.1) is 45.5 Å². The van der Waals surface area contributed by atoms with Crippen molar-refractivity contribution >= 4 is 27.7 Å². The lowest BCUT2D eigenvalue weighted by Crippen LogP contribution is -2.18. The van der Waals surface area contributed by atoms with Crippen molar-refractivity contribution in [2.45, 2.75) is 6.54 Å². The molecule has 1 amide bonds. The first kappa shape index (κ1) is 19.8. The summed E-state index contributed by atoms with van der Waals surface area (Å²) in [5.74, 6) is 0.00672. The topological polar surface area (TPSA) is 72.8 Å². The molecule has 5 aromatic rings. The molecule has 0 fully saturated rings. The maximum atomic E-state index is 13.1. The lowest BCUT2D eigenvalue weighted by Gasteiger charge is -2.15. The molecule has 0 saturated carbocycles. The number of rotatable bonds is 2. The molecule has 5 heteroatoms. The normalized spacial score (nSPS) is 12.7. The Morgan fingerprint density at radius 1 is 0.824 bits per heavy atom. The molecule has 0 aliphatic carbocycles. The Labute approximate surface area is 196 Å². The second kappa shape index (κ2) is 7.33. The summed E-state index contributed by atoms with van der Waals surface area (Å²) in [5.41, 5.74) is 7.06. The zero-order chi connectivity index (χ0) is 23.4. The zero-order valence-corrected chi connectivity index (χ0v) is 18.4. The van der Waals surface area contributed by atoms with E-state index in [4.69, 9.17) is 0 Å². The average molecular weight is 438 g/mol.